The number of hydrogen-bond donors (Lipinski definition) is 2. The van der Waals surface area contributed by atoms with E-state index in [1.54, 1.807) is 18.2 Å². The largest absolute Gasteiger partial charge is 0.451 e. The summed E-state index contributed by atoms with van der Waals surface area (Å²) < 4.78 is 31.5. The number of nitrogens with one attached hydrogen (secondary N) is 1. The maximum absolute atomic E-state index is 13.1. The minimum atomic E-state index is -0.775. The van der Waals surface area contributed by atoms with Crippen LogP contribution in [0.1, 0.15) is 10.6 Å². The first-order valence-electron chi connectivity index (χ1n) is 6.08. The highest BCUT2D eigenvalue weighted by molar-refractivity contribution is 6.04. The van der Waals surface area contributed by atoms with E-state index in [1.807, 2.05) is 0 Å². The summed E-state index contributed by atoms with van der Waals surface area (Å²) in [6.07, 6.45) is 0. The molecular weight excluding hydrogens is 278 g/mol. The molecular formula is C15H10F2N2O2. The third-order valence-electron chi connectivity index (χ3n) is 2.88. The summed E-state index contributed by atoms with van der Waals surface area (Å²) in [5.41, 5.74) is 6.70. The molecule has 1 aromatic heterocycles. The average Bonchev–Trinajstić information content (AvgIpc) is 2.80. The van der Waals surface area contributed by atoms with Gasteiger partial charge in [0, 0.05) is 22.8 Å². The molecule has 0 atom stereocenters. The summed E-state index contributed by atoms with van der Waals surface area (Å²) >= 11 is 0. The molecule has 1 heterocycles. The van der Waals surface area contributed by atoms with E-state index in [2.05, 4.69) is 5.32 Å². The Labute approximate surface area is 118 Å². The standard InChI is InChI=1S/C15H10F2N2O2/c16-9-5-10(17)7-12(6-9)19-15(20)14-4-8-3-11(18)1-2-13(8)21-14/h1-7H,18H2,(H,19,20). The van der Waals surface area contributed by atoms with Crippen molar-refractivity contribution < 1.29 is 18.0 Å². The van der Waals surface area contributed by atoms with Crippen LogP contribution in [0.4, 0.5) is 20.2 Å². The van der Waals surface area contributed by atoms with Crippen LogP contribution in [0.25, 0.3) is 11.0 Å². The zero-order valence-corrected chi connectivity index (χ0v) is 10.7. The monoisotopic (exact) mass is 288 g/mol. The highest BCUT2D eigenvalue weighted by Crippen LogP contribution is 2.23. The fraction of sp³-hybridized carbons (Fsp3) is 0. The smallest absolute Gasteiger partial charge is 0.291 e. The Morgan fingerprint density at radius 2 is 1.76 bits per heavy atom. The minimum absolute atomic E-state index is 0.0115. The van der Waals surface area contributed by atoms with E-state index in [0.29, 0.717) is 16.7 Å². The van der Waals surface area contributed by atoms with E-state index >= 15 is 0 Å². The molecule has 3 rings (SSSR count). The predicted molar refractivity (Wildman–Crippen MR) is 74.9 cm³/mol. The lowest BCUT2D eigenvalue weighted by atomic mass is 10.2. The van der Waals surface area contributed by atoms with Gasteiger partial charge in [-0.05, 0) is 36.4 Å². The van der Waals surface area contributed by atoms with Gasteiger partial charge in [-0.2, -0.15) is 0 Å². The van der Waals surface area contributed by atoms with E-state index in [0.717, 1.165) is 18.2 Å². The molecule has 6 heteroatoms. The molecule has 0 aliphatic carbocycles. The number of nitrogens with two attached hydrogens (primary N) is 1. The molecule has 21 heavy (non-hydrogen) atoms. The first-order valence-corrected chi connectivity index (χ1v) is 6.08. The van der Waals surface area contributed by atoms with Crippen LogP contribution in [0, 0.1) is 11.6 Å². The summed E-state index contributed by atoms with van der Waals surface area (Å²) in [5, 5.41) is 3.04. The van der Waals surface area contributed by atoms with Crippen LogP contribution in [0.2, 0.25) is 0 Å². The van der Waals surface area contributed by atoms with E-state index in [4.69, 9.17) is 10.2 Å². The van der Waals surface area contributed by atoms with E-state index in [-0.39, 0.29) is 11.4 Å². The van der Waals surface area contributed by atoms with Gasteiger partial charge in [0.25, 0.3) is 5.91 Å². The lowest BCUT2D eigenvalue weighted by Gasteiger charge is -2.03. The fourth-order valence-corrected chi connectivity index (χ4v) is 1.99. The number of rotatable bonds is 2. The summed E-state index contributed by atoms with van der Waals surface area (Å²) in [6.45, 7) is 0. The van der Waals surface area contributed by atoms with E-state index in [9.17, 15) is 13.6 Å². The SMILES string of the molecule is Nc1ccc2oc(C(=O)Nc3cc(F)cc(F)c3)cc2c1. The van der Waals surface area contributed by atoms with Crippen LogP contribution in [0.5, 0.6) is 0 Å². The van der Waals surface area contributed by atoms with Gasteiger partial charge in [0.05, 0.1) is 0 Å². The van der Waals surface area contributed by atoms with Gasteiger partial charge in [-0.1, -0.05) is 0 Å². The molecule has 2 aromatic carbocycles. The van der Waals surface area contributed by atoms with E-state index < -0.39 is 17.5 Å². The molecule has 0 saturated carbocycles. The molecule has 1 amide bonds. The van der Waals surface area contributed by atoms with Crippen molar-refractivity contribution in [1.82, 2.24) is 0 Å². The number of fused-ring (bicyclic) bond motifs is 1. The molecule has 0 aliphatic rings. The highest BCUT2D eigenvalue weighted by Gasteiger charge is 2.13. The van der Waals surface area contributed by atoms with Gasteiger partial charge in [0.15, 0.2) is 5.76 Å². The number of amides is 1. The normalized spacial score (nSPS) is 10.8. The molecule has 0 fully saturated rings. The summed E-state index contributed by atoms with van der Waals surface area (Å²) in [5.74, 6) is -2.12. The van der Waals surface area contributed by atoms with Gasteiger partial charge in [0.2, 0.25) is 0 Å². The summed E-state index contributed by atoms with van der Waals surface area (Å²) in [4.78, 5) is 12.0. The van der Waals surface area contributed by atoms with Gasteiger partial charge in [-0.25, -0.2) is 8.78 Å². The molecule has 0 saturated heterocycles. The molecule has 0 spiro atoms. The third-order valence-corrected chi connectivity index (χ3v) is 2.88. The quantitative estimate of drug-likeness (QED) is 0.709. The number of halogens is 2. The average molecular weight is 288 g/mol. The van der Waals surface area contributed by atoms with Gasteiger partial charge in [-0.3, -0.25) is 4.79 Å². The predicted octanol–water partition coefficient (Wildman–Crippen LogP) is 3.55. The van der Waals surface area contributed by atoms with Gasteiger partial charge >= 0.3 is 0 Å². The topological polar surface area (TPSA) is 68.3 Å². The molecule has 0 unspecified atom stereocenters. The number of carbonyl (C=O) groups excluding carboxylic acids is 1. The van der Waals surface area contributed by atoms with Crippen molar-refractivity contribution in [1.29, 1.82) is 0 Å². The maximum atomic E-state index is 13.1. The molecule has 0 bridgehead atoms. The fourth-order valence-electron chi connectivity index (χ4n) is 1.99. The molecule has 3 aromatic rings. The van der Waals surface area contributed by atoms with Crippen molar-refractivity contribution in [2.24, 2.45) is 0 Å². The Bertz CT molecular complexity index is 823. The first kappa shape index (κ1) is 13.1. The number of benzene rings is 2. The third kappa shape index (κ3) is 2.69. The molecule has 4 nitrogen and oxygen atoms in total. The first-order chi connectivity index (χ1) is 10.0. The van der Waals surface area contributed by atoms with Gasteiger partial charge in [-0.15, -0.1) is 0 Å². The summed E-state index contributed by atoms with van der Waals surface area (Å²) in [6, 6.07) is 9.22. The zero-order chi connectivity index (χ0) is 15.0. The van der Waals surface area contributed by atoms with Gasteiger partial charge in [0.1, 0.15) is 17.2 Å². The Kier molecular flexibility index (Phi) is 3.06. The van der Waals surface area contributed by atoms with Crippen molar-refractivity contribution >= 4 is 28.3 Å². The lowest BCUT2D eigenvalue weighted by Crippen LogP contribution is -2.11. The minimum Gasteiger partial charge on any atom is -0.451 e. The molecule has 0 radical (unpaired) electrons. The van der Waals surface area contributed by atoms with Gasteiger partial charge < -0.3 is 15.5 Å². The molecule has 106 valence electrons. The van der Waals surface area contributed by atoms with Crippen LogP contribution >= 0.6 is 0 Å². The van der Waals surface area contributed by atoms with E-state index in [1.165, 1.54) is 6.07 Å². The van der Waals surface area contributed by atoms with Crippen LogP contribution < -0.4 is 11.1 Å². The lowest BCUT2D eigenvalue weighted by molar-refractivity contribution is 0.0998. The van der Waals surface area contributed by atoms with Crippen molar-refractivity contribution in [2.75, 3.05) is 11.1 Å². The summed E-state index contributed by atoms with van der Waals surface area (Å²) in [7, 11) is 0. The number of hydrogen-bond acceptors (Lipinski definition) is 3. The molecule has 3 N–H and O–H groups in total. The number of anilines is 2. The Morgan fingerprint density at radius 3 is 2.48 bits per heavy atom. The van der Waals surface area contributed by atoms with Crippen LogP contribution in [0.3, 0.4) is 0 Å². The Balaban J connectivity index is 1.89. The maximum Gasteiger partial charge on any atom is 0.291 e. The number of furan rings is 1. The second-order valence-electron chi connectivity index (χ2n) is 4.52. The zero-order valence-electron chi connectivity index (χ0n) is 10.7. The second-order valence-corrected chi connectivity index (χ2v) is 4.52. The van der Waals surface area contributed by atoms with Crippen molar-refractivity contribution in [3.05, 3.63) is 59.9 Å². The second kappa shape index (κ2) is 4.90. The van der Waals surface area contributed by atoms with Crippen LogP contribution in [-0.2, 0) is 0 Å². The van der Waals surface area contributed by atoms with Crippen molar-refractivity contribution in [3.8, 4) is 0 Å². The van der Waals surface area contributed by atoms with Crippen LogP contribution in [0.15, 0.2) is 46.9 Å². The Morgan fingerprint density at radius 1 is 1.05 bits per heavy atom. The van der Waals surface area contributed by atoms with Crippen LogP contribution in [-0.4, -0.2) is 5.91 Å². The number of nitrogen functional groups attached to an aromatic ring is 1. The highest BCUT2D eigenvalue weighted by atomic mass is 19.1. The number of carbonyl (C=O) groups is 1. The van der Waals surface area contributed by atoms with Crippen molar-refractivity contribution in [2.45, 2.75) is 0 Å². The Hall–Kier alpha value is -2.89. The van der Waals surface area contributed by atoms with Crippen molar-refractivity contribution in [3.63, 3.8) is 0 Å². The molecule has 0 aliphatic heterocycles.